The molecular formula is C25H25N3O4S. The van der Waals surface area contributed by atoms with Crippen LogP contribution in [0.25, 0.3) is 21.5 Å². The molecule has 4 aromatic rings. The number of ether oxygens (including phenoxy) is 2. The third-order valence-corrected chi connectivity index (χ3v) is 7.13. The first-order valence-electron chi connectivity index (χ1n) is 10.9. The van der Waals surface area contributed by atoms with Crippen molar-refractivity contribution in [3.8, 4) is 22.8 Å². The van der Waals surface area contributed by atoms with Gasteiger partial charge < -0.3 is 24.9 Å². The molecule has 0 fully saturated rings. The fraction of sp³-hybridized carbons (Fsp3) is 0.280. The number of hydrogen-bond donors (Lipinski definition) is 2. The standard InChI is InChI=1S/C25H25N3O4S/c1-30-14-10-11-17(19(13-14)31-2)27-24(29)23-22(26)21-20(18-9-6-12-32-18)15-7-4-3-5-8-16(15)28-25(21)33-23/h6,9-13H,3-5,7-8,26H2,1-2H3,(H,27,29). The van der Waals surface area contributed by atoms with Gasteiger partial charge >= 0.3 is 0 Å². The van der Waals surface area contributed by atoms with Crippen molar-refractivity contribution in [2.45, 2.75) is 32.1 Å². The monoisotopic (exact) mass is 463 g/mol. The Bertz CT molecular complexity index is 1330. The van der Waals surface area contributed by atoms with Crippen molar-refractivity contribution in [1.29, 1.82) is 0 Å². The van der Waals surface area contributed by atoms with Crippen molar-refractivity contribution >= 4 is 38.8 Å². The lowest BCUT2D eigenvalue weighted by Crippen LogP contribution is -2.12. The highest BCUT2D eigenvalue weighted by atomic mass is 32.1. The van der Waals surface area contributed by atoms with Crippen molar-refractivity contribution in [2.24, 2.45) is 0 Å². The summed E-state index contributed by atoms with van der Waals surface area (Å²) in [6.45, 7) is 0. The van der Waals surface area contributed by atoms with E-state index in [1.165, 1.54) is 23.3 Å². The molecule has 0 unspecified atom stereocenters. The SMILES string of the molecule is COc1ccc(NC(=O)c2sc3nc4c(c(-c5ccco5)c3c2N)CCCCC4)c(OC)c1. The van der Waals surface area contributed by atoms with E-state index in [0.29, 0.717) is 27.8 Å². The van der Waals surface area contributed by atoms with Crippen LogP contribution < -0.4 is 20.5 Å². The van der Waals surface area contributed by atoms with Crippen LogP contribution in [0.3, 0.4) is 0 Å². The van der Waals surface area contributed by atoms with Crippen molar-refractivity contribution < 1.29 is 18.7 Å². The lowest BCUT2D eigenvalue weighted by atomic mass is 9.96. The predicted molar refractivity (Wildman–Crippen MR) is 130 cm³/mol. The second-order valence-electron chi connectivity index (χ2n) is 8.00. The molecule has 3 N–H and O–H groups in total. The molecule has 3 aromatic heterocycles. The largest absolute Gasteiger partial charge is 0.497 e. The van der Waals surface area contributed by atoms with Gasteiger partial charge in [0, 0.05) is 22.7 Å². The number of methoxy groups -OCH3 is 2. The number of nitrogens with zero attached hydrogens (tertiary/aromatic N) is 1. The lowest BCUT2D eigenvalue weighted by Gasteiger charge is -2.13. The van der Waals surface area contributed by atoms with Gasteiger partial charge in [0.25, 0.3) is 5.91 Å². The van der Waals surface area contributed by atoms with Crippen LogP contribution in [0.5, 0.6) is 11.5 Å². The number of nitrogen functional groups attached to an aromatic ring is 1. The molecule has 1 aliphatic carbocycles. The summed E-state index contributed by atoms with van der Waals surface area (Å²) in [4.78, 5) is 19.4. The maximum Gasteiger partial charge on any atom is 0.268 e. The van der Waals surface area contributed by atoms with Crippen LogP contribution in [0.2, 0.25) is 0 Å². The van der Waals surface area contributed by atoms with Crippen LogP contribution in [-0.2, 0) is 12.8 Å². The minimum atomic E-state index is -0.306. The molecule has 170 valence electrons. The van der Waals surface area contributed by atoms with E-state index in [0.717, 1.165) is 52.9 Å². The number of benzene rings is 1. The van der Waals surface area contributed by atoms with E-state index < -0.39 is 0 Å². The third kappa shape index (κ3) is 3.80. The summed E-state index contributed by atoms with van der Waals surface area (Å²) in [7, 11) is 3.13. The van der Waals surface area contributed by atoms with E-state index in [-0.39, 0.29) is 5.91 Å². The number of aromatic nitrogens is 1. The van der Waals surface area contributed by atoms with Gasteiger partial charge in [0.1, 0.15) is 27.0 Å². The van der Waals surface area contributed by atoms with Crippen LogP contribution in [0.4, 0.5) is 11.4 Å². The van der Waals surface area contributed by atoms with E-state index in [1.807, 2.05) is 12.1 Å². The molecule has 3 heterocycles. The number of nitrogens with two attached hydrogens (primary N) is 1. The number of aryl methyl sites for hydroxylation is 1. The summed E-state index contributed by atoms with van der Waals surface area (Å²) in [5, 5.41) is 3.72. The molecule has 0 saturated heterocycles. The zero-order valence-corrected chi connectivity index (χ0v) is 19.4. The summed E-state index contributed by atoms with van der Waals surface area (Å²) in [5.74, 6) is 1.59. The zero-order chi connectivity index (χ0) is 22.9. The third-order valence-electron chi connectivity index (χ3n) is 6.03. The molecule has 0 atom stereocenters. The molecule has 0 bridgehead atoms. The summed E-state index contributed by atoms with van der Waals surface area (Å²) in [6.07, 6.45) is 6.89. The molecule has 1 amide bonds. The Hall–Kier alpha value is -3.52. The Morgan fingerprint density at radius 2 is 2.00 bits per heavy atom. The number of pyridine rings is 1. The van der Waals surface area contributed by atoms with Crippen molar-refractivity contribution in [3.05, 3.63) is 52.7 Å². The average Bonchev–Trinajstić information content (AvgIpc) is 3.40. The number of nitrogens with one attached hydrogen (secondary N) is 1. The quantitative estimate of drug-likeness (QED) is 0.370. The van der Waals surface area contributed by atoms with Gasteiger partial charge in [-0.15, -0.1) is 11.3 Å². The van der Waals surface area contributed by atoms with Gasteiger partial charge in [0.05, 0.1) is 31.9 Å². The Morgan fingerprint density at radius 3 is 2.76 bits per heavy atom. The van der Waals surface area contributed by atoms with Crippen LogP contribution in [0.1, 0.15) is 40.2 Å². The van der Waals surface area contributed by atoms with Gasteiger partial charge in [-0.05, 0) is 55.5 Å². The maximum absolute atomic E-state index is 13.3. The van der Waals surface area contributed by atoms with Crippen molar-refractivity contribution in [2.75, 3.05) is 25.3 Å². The van der Waals surface area contributed by atoms with E-state index >= 15 is 0 Å². The van der Waals surface area contributed by atoms with Crippen LogP contribution in [0.15, 0.2) is 41.0 Å². The second-order valence-corrected chi connectivity index (χ2v) is 8.99. The van der Waals surface area contributed by atoms with Gasteiger partial charge in [0.15, 0.2) is 0 Å². The molecule has 8 heteroatoms. The zero-order valence-electron chi connectivity index (χ0n) is 18.6. The molecule has 0 saturated carbocycles. The molecule has 7 nitrogen and oxygen atoms in total. The Labute approximate surface area is 195 Å². The smallest absolute Gasteiger partial charge is 0.268 e. The van der Waals surface area contributed by atoms with Gasteiger partial charge in [-0.25, -0.2) is 4.98 Å². The lowest BCUT2D eigenvalue weighted by molar-refractivity contribution is 0.103. The van der Waals surface area contributed by atoms with E-state index in [2.05, 4.69) is 5.32 Å². The number of hydrogen-bond acceptors (Lipinski definition) is 7. The minimum Gasteiger partial charge on any atom is -0.497 e. The number of rotatable bonds is 5. The number of furan rings is 1. The second kappa shape index (κ2) is 8.78. The van der Waals surface area contributed by atoms with Crippen LogP contribution in [0, 0.1) is 0 Å². The van der Waals surface area contributed by atoms with Gasteiger partial charge in [-0.2, -0.15) is 0 Å². The summed E-state index contributed by atoms with van der Waals surface area (Å²) < 4.78 is 16.5. The number of carbonyl (C=O) groups excluding carboxylic acids is 1. The van der Waals surface area contributed by atoms with Gasteiger partial charge in [-0.3, -0.25) is 4.79 Å². The first-order valence-corrected chi connectivity index (χ1v) is 11.7. The molecule has 0 aliphatic heterocycles. The molecular weight excluding hydrogens is 438 g/mol. The average molecular weight is 464 g/mol. The minimum absolute atomic E-state index is 0.306. The van der Waals surface area contributed by atoms with Gasteiger partial charge in [-0.1, -0.05) is 6.42 Å². The summed E-state index contributed by atoms with van der Waals surface area (Å²) in [6, 6.07) is 9.04. The molecule has 1 aromatic carbocycles. The van der Waals surface area contributed by atoms with E-state index in [4.69, 9.17) is 24.6 Å². The number of thiophene rings is 1. The Balaban J connectivity index is 1.62. The van der Waals surface area contributed by atoms with Crippen LogP contribution >= 0.6 is 11.3 Å². The number of anilines is 2. The highest BCUT2D eigenvalue weighted by Crippen LogP contribution is 2.44. The van der Waals surface area contributed by atoms with Crippen LogP contribution in [-0.4, -0.2) is 25.1 Å². The highest BCUT2D eigenvalue weighted by Gasteiger charge is 2.26. The first-order chi connectivity index (χ1) is 16.1. The normalized spacial score (nSPS) is 13.4. The fourth-order valence-corrected chi connectivity index (χ4v) is 5.45. The summed E-state index contributed by atoms with van der Waals surface area (Å²) in [5.41, 5.74) is 10.8. The Morgan fingerprint density at radius 1 is 1.15 bits per heavy atom. The molecule has 0 spiro atoms. The topological polar surface area (TPSA) is 99.6 Å². The highest BCUT2D eigenvalue weighted by molar-refractivity contribution is 7.21. The molecule has 1 aliphatic rings. The van der Waals surface area contributed by atoms with E-state index in [9.17, 15) is 4.79 Å². The van der Waals surface area contributed by atoms with Crippen molar-refractivity contribution in [3.63, 3.8) is 0 Å². The first kappa shape index (κ1) is 21.3. The molecule has 5 rings (SSSR count). The van der Waals surface area contributed by atoms with Crippen molar-refractivity contribution in [1.82, 2.24) is 4.98 Å². The van der Waals surface area contributed by atoms with Gasteiger partial charge in [0.2, 0.25) is 0 Å². The Kier molecular flexibility index (Phi) is 5.68. The number of fused-ring (bicyclic) bond motifs is 2. The predicted octanol–water partition coefficient (Wildman–Crippen LogP) is 5.68. The number of amides is 1. The van der Waals surface area contributed by atoms with E-state index in [1.54, 1.807) is 38.7 Å². The maximum atomic E-state index is 13.3. The fourth-order valence-electron chi connectivity index (χ4n) is 4.43. The molecule has 0 radical (unpaired) electrons. The number of carbonyl (C=O) groups is 1. The summed E-state index contributed by atoms with van der Waals surface area (Å²) >= 11 is 1.31. The molecule has 33 heavy (non-hydrogen) atoms.